The lowest BCUT2D eigenvalue weighted by Gasteiger charge is -2.53. The summed E-state index contributed by atoms with van der Waals surface area (Å²) in [6.45, 7) is 5.14. The Morgan fingerprint density at radius 3 is 2.48 bits per heavy atom. The minimum atomic E-state index is 0.0763. The van der Waals surface area contributed by atoms with Crippen molar-refractivity contribution in [1.29, 1.82) is 0 Å². The number of rotatable bonds is 2. The number of piperidine rings is 4. The Morgan fingerprint density at radius 1 is 0.935 bits per heavy atom. The smallest absolute Gasteiger partial charge is 0.320 e. The van der Waals surface area contributed by atoms with E-state index in [2.05, 4.69) is 15.1 Å². The molecule has 3 atom stereocenters. The number of carbonyl (C=O) groups excluding carboxylic acids is 3. The highest BCUT2D eigenvalue weighted by atomic mass is 16.5. The molecule has 5 aliphatic heterocycles. The summed E-state index contributed by atoms with van der Waals surface area (Å²) in [6.07, 6.45) is 7.19. The summed E-state index contributed by atoms with van der Waals surface area (Å²) in [5, 5.41) is 3.21. The van der Waals surface area contributed by atoms with Crippen LogP contribution in [0.25, 0.3) is 0 Å². The van der Waals surface area contributed by atoms with E-state index in [1.54, 1.807) is 0 Å². The van der Waals surface area contributed by atoms with E-state index in [0.29, 0.717) is 56.5 Å². The molecule has 0 aromatic carbocycles. The first kappa shape index (κ1) is 21.0. The highest BCUT2D eigenvalue weighted by molar-refractivity contribution is 5.79. The van der Waals surface area contributed by atoms with Crippen LogP contribution in [0.15, 0.2) is 0 Å². The van der Waals surface area contributed by atoms with Gasteiger partial charge in [0.25, 0.3) is 0 Å². The van der Waals surface area contributed by atoms with E-state index in [9.17, 15) is 14.4 Å². The maximum absolute atomic E-state index is 13.3. The van der Waals surface area contributed by atoms with Crippen molar-refractivity contribution in [3.8, 4) is 0 Å². The summed E-state index contributed by atoms with van der Waals surface area (Å²) in [5.41, 5.74) is 0. The summed E-state index contributed by atoms with van der Waals surface area (Å²) in [6, 6.07) is 0.653. The molecule has 5 saturated heterocycles. The molecule has 0 aliphatic carbocycles. The second-order valence-electron chi connectivity index (χ2n) is 10.2. The predicted molar refractivity (Wildman–Crippen MR) is 114 cm³/mol. The van der Waals surface area contributed by atoms with Crippen LogP contribution >= 0.6 is 0 Å². The zero-order valence-electron chi connectivity index (χ0n) is 18.5. The third-order valence-corrected chi connectivity index (χ3v) is 8.15. The van der Waals surface area contributed by atoms with E-state index in [0.717, 1.165) is 64.6 Å². The molecule has 0 saturated carbocycles. The zero-order chi connectivity index (χ0) is 21.4. The molecule has 8 nitrogen and oxygen atoms in total. The average Bonchev–Trinajstić information content (AvgIpc) is 2.80. The number of hydrogen-bond donors (Lipinski definition) is 1. The van der Waals surface area contributed by atoms with Gasteiger partial charge >= 0.3 is 6.03 Å². The number of likely N-dealkylation sites (tertiary alicyclic amines) is 2. The van der Waals surface area contributed by atoms with Crippen molar-refractivity contribution in [2.24, 2.45) is 17.8 Å². The Labute approximate surface area is 184 Å². The van der Waals surface area contributed by atoms with Gasteiger partial charge in [0.2, 0.25) is 11.8 Å². The van der Waals surface area contributed by atoms with Crippen molar-refractivity contribution in [2.45, 2.75) is 63.5 Å². The minimum absolute atomic E-state index is 0.0763. The number of hydrogen-bond acceptors (Lipinski definition) is 4. The third-order valence-electron chi connectivity index (χ3n) is 8.15. The van der Waals surface area contributed by atoms with Gasteiger partial charge in [-0.3, -0.25) is 9.59 Å². The second kappa shape index (κ2) is 8.96. The van der Waals surface area contributed by atoms with Crippen LogP contribution in [0.3, 0.4) is 0 Å². The lowest BCUT2D eigenvalue weighted by atomic mass is 9.76. The lowest BCUT2D eigenvalue weighted by molar-refractivity contribution is -0.144. The number of nitrogens with zero attached hydrogens (tertiary/aromatic N) is 3. The molecule has 172 valence electrons. The molecule has 2 unspecified atom stereocenters. The molecule has 5 rings (SSSR count). The van der Waals surface area contributed by atoms with Crippen molar-refractivity contribution >= 4 is 17.8 Å². The second-order valence-corrected chi connectivity index (χ2v) is 10.2. The maximum atomic E-state index is 13.3. The molecule has 0 spiro atoms. The number of carbonyl (C=O) groups is 3. The summed E-state index contributed by atoms with van der Waals surface area (Å²) in [5.74, 6) is 1.39. The van der Waals surface area contributed by atoms with E-state index in [1.807, 2.05) is 4.90 Å². The zero-order valence-corrected chi connectivity index (χ0v) is 18.5. The van der Waals surface area contributed by atoms with E-state index < -0.39 is 0 Å². The molecule has 5 aliphatic rings. The SMILES string of the molecule is O=C(NC1CCN(C(=O)N2CC3CC(C2)[C@H]2CCCC(=O)N2C3)CC1)C1CCOCC1. The van der Waals surface area contributed by atoms with Crippen LogP contribution < -0.4 is 5.32 Å². The van der Waals surface area contributed by atoms with E-state index in [-0.39, 0.29) is 23.9 Å². The Bertz CT molecular complexity index is 702. The van der Waals surface area contributed by atoms with E-state index in [4.69, 9.17) is 4.74 Å². The quantitative estimate of drug-likeness (QED) is 0.716. The van der Waals surface area contributed by atoms with Crippen LogP contribution in [0, 0.1) is 17.8 Å². The Kier molecular flexibility index (Phi) is 6.08. The largest absolute Gasteiger partial charge is 0.381 e. The van der Waals surface area contributed by atoms with Gasteiger partial charge in [-0.2, -0.15) is 0 Å². The Balaban J connectivity index is 1.12. The molecular weight excluding hydrogens is 396 g/mol. The van der Waals surface area contributed by atoms with Gasteiger partial charge in [0.15, 0.2) is 0 Å². The van der Waals surface area contributed by atoms with Crippen molar-refractivity contribution in [3.05, 3.63) is 0 Å². The molecule has 0 aromatic heterocycles. The van der Waals surface area contributed by atoms with Crippen LogP contribution in [0.2, 0.25) is 0 Å². The first-order valence-electron chi connectivity index (χ1n) is 12.3. The van der Waals surface area contributed by atoms with E-state index >= 15 is 0 Å². The van der Waals surface area contributed by atoms with Crippen LogP contribution in [0.5, 0.6) is 0 Å². The average molecular weight is 433 g/mol. The van der Waals surface area contributed by atoms with Gasteiger partial charge in [-0.05, 0) is 56.8 Å². The van der Waals surface area contributed by atoms with Crippen molar-refractivity contribution in [3.63, 3.8) is 0 Å². The monoisotopic (exact) mass is 432 g/mol. The van der Waals surface area contributed by atoms with Crippen molar-refractivity contribution in [1.82, 2.24) is 20.0 Å². The topological polar surface area (TPSA) is 82.2 Å². The summed E-state index contributed by atoms with van der Waals surface area (Å²) >= 11 is 0. The molecular formula is C23H36N4O4. The first-order chi connectivity index (χ1) is 15.1. The number of ether oxygens (including phenoxy) is 1. The highest BCUT2D eigenvalue weighted by Gasteiger charge is 2.45. The van der Waals surface area contributed by atoms with Crippen LogP contribution in [0.4, 0.5) is 4.79 Å². The number of fused-ring (bicyclic) bond motifs is 4. The van der Waals surface area contributed by atoms with Gasteiger partial charge < -0.3 is 24.8 Å². The standard InChI is InChI=1S/C23H36N4O4/c28-21-3-1-2-20-18-12-16(14-27(20)21)13-26(15-18)23(30)25-8-4-19(5-9-25)24-22(29)17-6-10-31-11-7-17/h16-20H,1-15H2,(H,24,29)/t16?,18?,20-/m1/s1. The fourth-order valence-electron chi connectivity index (χ4n) is 6.46. The fraction of sp³-hybridized carbons (Fsp3) is 0.870. The third kappa shape index (κ3) is 4.41. The minimum Gasteiger partial charge on any atom is -0.381 e. The maximum Gasteiger partial charge on any atom is 0.320 e. The van der Waals surface area contributed by atoms with Gasteiger partial charge in [0.1, 0.15) is 0 Å². The molecule has 0 aromatic rings. The number of nitrogens with one attached hydrogen (secondary N) is 1. The Hall–Kier alpha value is -1.83. The van der Waals surface area contributed by atoms with Gasteiger partial charge in [0.05, 0.1) is 0 Å². The molecule has 1 N–H and O–H groups in total. The van der Waals surface area contributed by atoms with Gasteiger partial charge in [-0.25, -0.2) is 4.79 Å². The lowest BCUT2D eigenvalue weighted by Crippen LogP contribution is -2.62. The molecule has 0 radical (unpaired) electrons. The molecule has 4 amide bonds. The normalized spacial score (nSPS) is 32.6. The first-order valence-corrected chi connectivity index (χ1v) is 12.3. The van der Waals surface area contributed by atoms with E-state index in [1.165, 1.54) is 0 Å². The molecule has 8 heteroatoms. The van der Waals surface area contributed by atoms with Crippen molar-refractivity contribution < 1.29 is 19.1 Å². The summed E-state index contributed by atoms with van der Waals surface area (Å²) in [7, 11) is 0. The van der Waals surface area contributed by atoms with Gasteiger partial charge in [0, 0.05) is 70.4 Å². The fourth-order valence-corrected chi connectivity index (χ4v) is 6.46. The van der Waals surface area contributed by atoms with Gasteiger partial charge in [-0.15, -0.1) is 0 Å². The number of urea groups is 1. The van der Waals surface area contributed by atoms with Crippen LogP contribution in [-0.2, 0) is 14.3 Å². The summed E-state index contributed by atoms with van der Waals surface area (Å²) in [4.78, 5) is 44.2. The van der Waals surface area contributed by atoms with Crippen LogP contribution in [0.1, 0.15) is 51.4 Å². The summed E-state index contributed by atoms with van der Waals surface area (Å²) < 4.78 is 5.35. The predicted octanol–water partition coefficient (Wildman–Crippen LogP) is 1.45. The molecule has 2 bridgehead atoms. The van der Waals surface area contributed by atoms with Crippen LogP contribution in [-0.4, -0.2) is 90.6 Å². The highest BCUT2D eigenvalue weighted by Crippen LogP contribution is 2.38. The molecule has 5 heterocycles. The Morgan fingerprint density at radius 2 is 1.71 bits per heavy atom. The van der Waals surface area contributed by atoms with Gasteiger partial charge in [-0.1, -0.05) is 0 Å². The van der Waals surface area contributed by atoms with Crippen molar-refractivity contribution in [2.75, 3.05) is 45.9 Å². The number of amides is 4. The molecule has 5 fully saturated rings. The molecule has 31 heavy (non-hydrogen) atoms.